The lowest BCUT2D eigenvalue weighted by Gasteiger charge is -2.40. The maximum Gasteiger partial charge on any atom is 0.149 e. The minimum absolute atomic E-state index is 0.191. The normalized spacial score (nSPS) is 40.4. The number of nitrogens with zero attached hydrogens (tertiary/aromatic N) is 1. The van der Waals surface area contributed by atoms with Crippen molar-refractivity contribution in [3.63, 3.8) is 0 Å². The van der Waals surface area contributed by atoms with Gasteiger partial charge in [-0.2, -0.15) is 0 Å². The molecule has 3 atom stereocenters. The van der Waals surface area contributed by atoms with Crippen LogP contribution in [0.3, 0.4) is 0 Å². The van der Waals surface area contributed by atoms with Gasteiger partial charge >= 0.3 is 0 Å². The molecule has 0 aromatic rings. The lowest BCUT2D eigenvalue weighted by Crippen LogP contribution is -2.54. The van der Waals surface area contributed by atoms with Crippen molar-refractivity contribution in [3.8, 4) is 0 Å². The fraction of sp³-hybridized carbons (Fsp3) is 0.909. The summed E-state index contributed by atoms with van der Waals surface area (Å²) in [5.41, 5.74) is 0. The predicted molar refractivity (Wildman–Crippen MR) is 54.2 cm³/mol. The first-order chi connectivity index (χ1) is 6.70. The van der Waals surface area contributed by atoms with Gasteiger partial charge in [-0.25, -0.2) is 0 Å². The molecule has 0 amide bonds. The molecule has 1 heterocycles. The van der Waals surface area contributed by atoms with Gasteiger partial charge in [0.1, 0.15) is 5.78 Å². The molecule has 0 spiro atoms. The molecule has 14 heavy (non-hydrogen) atoms. The standard InChI is InChI=1S/C11H19NO2/c1-8-9(2)14-7-6-12(8)10-4-3-5-11(10)13/h8-10H,3-7H2,1-2H3. The number of ketones is 1. The van der Waals surface area contributed by atoms with Crippen LogP contribution in [0.25, 0.3) is 0 Å². The van der Waals surface area contributed by atoms with E-state index in [0.29, 0.717) is 11.8 Å². The van der Waals surface area contributed by atoms with E-state index in [-0.39, 0.29) is 12.1 Å². The van der Waals surface area contributed by atoms with Crippen LogP contribution in [0, 0.1) is 0 Å². The second-order valence-electron chi connectivity index (χ2n) is 4.43. The van der Waals surface area contributed by atoms with Crippen LogP contribution in [-0.2, 0) is 9.53 Å². The Bertz CT molecular complexity index is 229. The summed E-state index contributed by atoms with van der Waals surface area (Å²) in [7, 11) is 0. The molecule has 2 rings (SSSR count). The van der Waals surface area contributed by atoms with Gasteiger partial charge in [0, 0.05) is 19.0 Å². The summed E-state index contributed by atoms with van der Waals surface area (Å²) in [6.07, 6.45) is 3.16. The summed E-state index contributed by atoms with van der Waals surface area (Å²) in [4.78, 5) is 14.0. The largest absolute Gasteiger partial charge is 0.376 e. The molecule has 1 aliphatic carbocycles. The first kappa shape index (κ1) is 10.1. The Morgan fingerprint density at radius 1 is 1.43 bits per heavy atom. The van der Waals surface area contributed by atoms with E-state index in [9.17, 15) is 4.79 Å². The van der Waals surface area contributed by atoms with E-state index in [1.54, 1.807) is 0 Å². The van der Waals surface area contributed by atoms with Crippen LogP contribution in [-0.4, -0.2) is 42.0 Å². The fourth-order valence-electron chi connectivity index (χ4n) is 2.54. The third-order valence-corrected chi connectivity index (χ3v) is 3.61. The summed E-state index contributed by atoms with van der Waals surface area (Å²) < 4.78 is 5.56. The zero-order valence-electron chi connectivity index (χ0n) is 9.03. The van der Waals surface area contributed by atoms with Gasteiger partial charge in [0.15, 0.2) is 0 Å². The van der Waals surface area contributed by atoms with Gasteiger partial charge < -0.3 is 4.74 Å². The molecule has 0 radical (unpaired) electrons. The molecule has 0 aromatic carbocycles. The van der Waals surface area contributed by atoms with Crippen LogP contribution in [0.15, 0.2) is 0 Å². The Morgan fingerprint density at radius 2 is 2.21 bits per heavy atom. The van der Waals surface area contributed by atoms with E-state index in [1.807, 2.05) is 0 Å². The molecule has 0 aromatic heterocycles. The van der Waals surface area contributed by atoms with Gasteiger partial charge in [-0.05, 0) is 26.7 Å². The van der Waals surface area contributed by atoms with Gasteiger partial charge in [0.05, 0.1) is 18.8 Å². The summed E-state index contributed by atoms with van der Waals surface area (Å²) in [6.45, 7) is 5.95. The van der Waals surface area contributed by atoms with Crippen molar-refractivity contribution in [2.45, 2.75) is 51.3 Å². The molecule has 1 saturated carbocycles. The maximum absolute atomic E-state index is 11.6. The number of carbonyl (C=O) groups is 1. The maximum atomic E-state index is 11.6. The quantitative estimate of drug-likeness (QED) is 0.633. The number of morpholine rings is 1. The molecule has 3 nitrogen and oxygen atoms in total. The Balaban J connectivity index is 2.05. The van der Waals surface area contributed by atoms with E-state index in [2.05, 4.69) is 18.7 Å². The average Bonchev–Trinajstić information content (AvgIpc) is 2.57. The molecule has 1 aliphatic heterocycles. The van der Waals surface area contributed by atoms with Crippen molar-refractivity contribution in [3.05, 3.63) is 0 Å². The summed E-state index contributed by atoms with van der Waals surface area (Å²) >= 11 is 0. The molecular formula is C11H19NO2. The van der Waals surface area contributed by atoms with Gasteiger partial charge in [0.25, 0.3) is 0 Å². The average molecular weight is 197 g/mol. The minimum atomic E-state index is 0.191. The van der Waals surface area contributed by atoms with Crippen LogP contribution in [0.4, 0.5) is 0 Å². The summed E-state index contributed by atoms with van der Waals surface area (Å²) in [6, 6.07) is 0.576. The van der Waals surface area contributed by atoms with E-state index in [4.69, 9.17) is 4.74 Å². The zero-order valence-corrected chi connectivity index (χ0v) is 9.03. The van der Waals surface area contributed by atoms with E-state index >= 15 is 0 Å². The smallest absolute Gasteiger partial charge is 0.149 e. The molecule has 2 fully saturated rings. The first-order valence-electron chi connectivity index (χ1n) is 5.60. The number of ether oxygens (including phenoxy) is 1. The number of hydrogen-bond acceptors (Lipinski definition) is 3. The van der Waals surface area contributed by atoms with Crippen LogP contribution < -0.4 is 0 Å². The topological polar surface area (TPSA) is 29.5 Å². The first-order valence-corrected chi connectivity index (χ1v) is 5.60. The van der Waals surface area contributed by atoms with Crippen LogP contribution in [0.5, 0.6) is 0 Å². The highest BCUT2D eigenvalue weighted by Crippen LogP contribution is 2.25. The van der Waals surface area contributed by atoms with E-state index in [0.717, 1.165) is 32.4 Å². The highest BCUT2D eigenvalue weighted by molar-refractivity contribution is 5.85. The lowest BCUT2D eigenvalue weighted by molar-refractivity contribution is -0.128. The SMILES string of the molecule is CC1OCCN(C2CCCC2=O)C1C. The molecule has 3 heteroatoms. The summed E-state index contributed by atoms with van der Waals surface area (Å²) in [5, 5.41) is 0. The van der Waals surface area contributed by atoms with Crippen molar-refractivity contribution in [1.29, 1.82) is 0 Å². The Labute approximate surface area is 85.4 Å². The van der Waals surface area contributed by atoms with Gasteiger partial charge in [0.2, 0.25) is 0 Å². The van der Waals surface area contributed by atoms with Crippen LogP contribution in [0.1, 0.15) is 33.1 Å². The van der Waals surface area contributed by atoms with Crippen LogP contribution >= 0.6 is 0 Å². The molecule has 3 unspecified atom stereocenters. The molecule has 1 saturated heterocycles. The number of carbonyl (C=O) groups excluding carboxylic acids is 1. The molecular weight excluding hydrogens is 178 g/mol. The van der Waals surface area contributed by atoms with Crippen molar-refractivity contribution >= 4 is 5.78 Å². The van der Waals surface area contributed by atoms with Gasteiger partial charge in [-0.15, -0.1) is 0 Å². The number of rotatable bonds is 1. The third-order valence-electron chi connectivity index (χ3n) is 3.61. The highest BCUT2D eigenvalue weighted by atomic mass is 16.5. The van der Waals surface area contributed by atoms with Gasteiger partial charge in [-0.3, -0.25) is 9.69 Å². The fourth-order valence-corrected chi connectivity index (χ4v) is 2.54. The second-order valence-corrected chi connectivity index (χ2v) is 4.43. The number of Topliss-reactive ketones (excluding diaryl/α,β-unsaturated/α-hetero) is 1. The van der Waals surface area contributed by atoms with Crippen molar-refractivity contribution in [2.75, 3.05) is 13.2 Å². The zero-order chi connectivity index (χ0) is 10.1. The Morgan fingerprint density at radius 3 is 2.86 bits per heavy atom. The minimum Gasteiger partial charge on any atom is -0.376 e. The molecule has 2 aliphatic rings. The predicted octanol–water partition coefficient (Wildman–Crippen LogP) is 1.22. The highest BCUT2D eigenvalue weighted by Gasteiger charge is 2.36. The Kier molecular flexibility index (Phi) is 2.88. The number of hydrogen-bond donors (Lipinski definition) is 0. The summed E-state index contributed by atoms with van der Waals surface area (Å²) in [5.74, 6) is 0.436. The van der Waals surface area contributed by atoms with E-state index < -0.39 is 0 Å². The molecule has 0 bridgehead atoms. The molecule has 0 N–H and O–H groups in total. The van der Waals surface area contributed by atoms with Crippen molar-refractivity contribution in [1.82, 2.24) is 4.90 Å². The third kappa shape index (κ3) is 1.71. The van der Waals surface area contributed by atoms with E-state index in [1.165, 1.54) is 0 Å². The second kappa shape index (κ2) is 3.99. The van der Waals surface area contributed by atoms with Gasteiger partial charge in [-0.1, -0.05) is 0 Å². The molecule has 80 valence electrons. The lowest BCUT2D eigenvalue weighted by atomic mass is 10.1. The van der Waals surface area contributed by atoms with Crippen molar-refractivity contribution < 1.29 is 9.53 Å². The van der Waals surface area contributed by atoms with Crippen molar-refractivity contribution in [2.24, 2.45) is 0 Å². The monoisotopic (exact) mass is 197 g/mol. The Hall–Kier alpha value is -0.410. The van der Waals surface area contributed by atoms with Crippen LogP contribution in [0.2, 0.25) is 0 Å².